The first kappa shape index (κ1) is 18.7. The molecule has 0 nitrogen and oxygen atoms in total. The van der Waals surface area contributed by atoms with Crippen LogP contribution in [0, 0.1) is 11.6 Å². The molecule has 0 saturated heterocycles. The summed E-state index contributed by atoms with van der Waals surface area (Å²) in [5, 5.41) is 0. The Morgan fingerprint density at radius 3 is 1.28 bits per heavy atom. The van der Waals surface area contributed by atoms with Gasteiger partial charge in [0.2, 0.25) is 0 Å². The van der Waals surface area contributed by atoms with Crippen LogP contribution >= 0.6 is 31.9 Å². The maximum atomic E-state index is 13.8. The van der Waals surface area contributed by atoms with Gasteiger partial charge in [-0.3, -0.25) is 0 Å². The molecular formula is C25H14Br2F2. The fourth-order valence-electron chi connectivity index (χ4n) is 4.46. The van der Waals surface area contributed by atoms with E-state index in [2.05, 4.69) is 56.1 Å². The first-order valence-corrected chi connectivity index (χ1v) is 10.7. The molecule has 0 N–H and O–H groups in total. The zero-order valence-electron chi connectivity index (χ0n) is 15.1. The first-order chi connectivity index (χ1) is 14.0. The molecule has 0 amide bonds. The fourth-order valence-corrected chi connectivity index (χ4v) is 5.18. The zero-order valence-corrected chi connectivity index (χ0v) is 18.3. The van der Waals surface area contributed by atoms with Crippen molar-refractivity contribution in [2.24, 2.45) is 0 Å². The van der Waals surface area contributed by atoms with E-state index in [4.69, 9.17) is 0 Å². The van der Waals surface area contributed by atoms with Gasteiger partial charge in [-0.05, 0) is 81.9 Å². The summed E-state index contributed by atoms with van der Waals surface area (Å²) in [6.45, 7) is 0. The third-order valence-corrected chi connectivity index (χ3v) is 6.60. The number of rotatable bonds is 2. The van der Waals surface area contributed by atoms with Gasteiger partial charge in [0.25, 0.3) is 0 Å². The SMILES string of the molecule is Fc1ccc(C2(c3ccc(F)cc3)c3cc(Br)ccc3-c3ccc(Br)cc32)cc1. The Hall–Kier alpha value is -2.30. The number of fused-ring (bicyclic) bond motifs is 3. The minimum Gasteiger partial charge on any atom is -0.207 e. The van der Waals surface area contributed by atoms with Gasteiger partial charge in [-0.1, -0.05) is 68.3 Å². The monoisotopic (exact) mass is 510 g/mol. The van der Waals surface area contributed by atoms with Crippen LogP contribution < -0.4 is 0 Å². The van der Waals surface area contributed by atoms with Crippen molar-refractivity contribution in [1.82, 2.24) is 0 Å². The van der Waals surface area contributed by atoms with Crippen molar-refractivity contribution in [3.05, 3.63) is 128 Å². The molecule has 0 unspecified atom stereocenters. The molecule has 0 bridgehead atoms. The summed E-state index contributed by atoms with van der Waals surface area (Å²) in [7, 11) is 0. The molecule has 1 aliphatic carbocycles. The van der Waals surface area contributed by atoms with E-state index in [0.717, 1.165) is 42.3 Å². The van der Waals surface area contributed by atoms with Crippen LogP contribution in [-0.2, 0) is 5.41 Å². The van der Waals surface area contributed by atoms with Crippen LogP contribution in [0.15, 0.2) is 93.9 Å². The molecule has 4 aromatic carbocycles. The second-order valence-corrected chi connectivity index (χ2v) is 8.97. The highest BCUT2D eigenvalue weighted by molar-refractivity contribution is 9.10. The van der Waals surface area contributed by atoms with Crippen molar-refractivity contribution in [3.63, 3.8) is 0 Å². The van der Waals surface area contributed by atoms with Crippen LogP contribution in [0.3, 0.4) is 0 Å². The standard InChI is InChI=1S/C25H14Br2F2/c26-17-5-11-21-22-12-6-18(27)14-24(22)25(23(21)13-17,15-1-7-19(28)8-2-15)16-3-9-20(29)10-4-16/h1-14H. The Labute approximate surface area is 184 Å². The molecule has 0 heterocycles. The Morgan fingerprint density at radius 2 is 0.897 bits per heavy atom. The molecule has 1 aliphatic rings. The van der Waals surface area contributed by atoms with Gasteiger partial charge in [0.05, 0.1) is 5.41 Å². The average molecular weight is 512 g/mol. The third-order valence-electron chi connectivity index (χ3n) is 5.62. The van der Waals surface area contributed by atoms with Crippen LogP contribution in [-0.4, -0.2) is 0 Å². The van der Waals surface area contributed by atoms with E-state index in [9.17, 15) is 8.78 Å². The lowest BCUT2D eigenvalue weighted by Crippen LogP contribution is -2.28. The predicted octanol–water partition coefficient (Wildman–Crippen LogP) is 7.85. The molecule has 0 radical (unpaired) electrons. The first-order valence-electron chi connectivity index (χ1n) is 9.12. The Balaban J connectivity index is 1.97. The van der Waals surface area contributed by atoms with Crippen molar-refractivity contribution in [3.8, 4) is 11.1 Å². The Bertz CT molecular complexity index is 1130. The summed E-state index contributed by atoms with van der Waals surface area (Å²) in [6.07, 6.45) is 0. The number of halogens is 4. The number of hydrogen-bond acceptors (Lipinski definition) is 0. The topological polar surface area (TPSA) is 0 Å². The smallest absolute Gasteiger partial charge is 0.123 e. The molecule has 4 aromatic rings. The van der Waals surface area contributed by atoms with Crippen molar-refractivity contribution in [2.45, 2.75) is 5.41 Å². The summed E-state index contributed by atoms with van der Waals surface area (Å²) in [5.74, 6) is -0.574. The summed E-state index contributed by atoms with van der Waals surface area (Å²) < 4.78 is 29.5. The van der Waals surface area contributed by atoms with Crippen molar-refractivity contribution < 1.29 is 8.78 Å². The normalized spacial score (nSPS) is 13.8. The second kappa shape index (κ2) is 6.89. The minimum absolute atomic E-state index is 0.287. The highest BCUT2D eigenvalue weighted by atomic mass is 79.9. The highest BCUT2D eigenvalue weighted by Gasteiger charge is 2.46. The zero-order chi connectivity index (χ0) is 20.2. The quantitative estimate of drug-likeness (QED) is 0.226. The highest BCUT2D eigenvalue weighted by Crippen LogP contribution is 2.57. The largest absolute Gasteiger partial charge is 0.207 e. The van der Waals surface area contributed by atoms with Crippen LogP contribution in [0.5, 0.6) is 0 Å². The predicted molar refractivity (Wildman–Crippen MR) is 119 cm³/mol. The summed E-state index contributed by atoms with van der Waals surface area (Å²) in [5.41, 5.74) is 5.58. The minimum atomic E-state index is -0.681. The van der Waals surface area contributed by atoms with Gasteiger partial charge >= 0.3 is 0 Å². The van der Waals surface area contributed by atoms with E-state index in [1.165, 1.54) is 24.3 Å². The van der Waals surface area contributed by atoms with Gasteiger partial charge in [-0.2, -0.15) is 0 Å². The molecule has 0 spiro atoms. The van der Waals surface area contributed by atoms with E-state index < -0.39 is 5.41 Å². The lowest BCUT2D eigenvalue weighted by atomic mass is 9.68. The van der Waals surface area contributed by atoms with Gasteiger partial charge in [0.15, 0.2) is 0 Å². The second-order valence-electron chi connectivity index (χ2n) is 7.14. The van der Waals surface area contributed by atoms with Crippen molar-refractivity contribution in [1.29, 1.82) is 0 Å². The summed E-state index contributed by atoms with van der Waals surface area (Å²) in [6, 6.07) is 25.7. The molecule has 0 saturated carbocycles. The molecule has 0 fully saturated rings. The van der Waals surface area contributed by atoms with E-state index in [0.29, 0.717) is 0 Å². The number of hydrogen-bond donors (Lipinski definition) is 0. The molecule has 29 heavy (non-hydrogen) atoms. The van der Waals surface area contributed by atoms with Gasteiger partial charge in [-0.15, -0.1) is 0 Å². The van der Waals surface area contributed by atoms with Crippen LogP contribution in [0.4, 0.5) is 8.78 Å². The third kappa shape index (κ3) is 2.81. The molecular weight excluding hydrogens is 498 g/mol. The Morgan fingerprint density at radius 1 is 0.517 bits per heavy atom. The molecule has 0 aromatic heterocycles. The van der Waals surface area contributed by atoms with Gasteiger partial charge in [-0.25, -0.2) is 8.78 Å². The summed E-state index contributed by atoms with van der Waals surface area (Å²) >= 11 is 7.23. The maximum absolute atomic E-state index is 13.8. The molecule has 0 aliphatic heterocycles. The van der Waals surface area contributed by atoms with E-state index in [1.807, 2.05) is 36.4 Å². The van der Waals surface area contributed by atoms with Gasteiger partial charge < -0.3 is 0 Å². The summed E-state index contributed by atoms with van der Waals surface area (Å²) in [4.78, 5) is 0. The van der Waals surface area contributed by atoms with Crippen molar-refractivity contribution >= 4 is 31.9 Å². The molecule has 142 valence electrons. The lowest BCUT2D eigenvalue weighted by Gasteiger charge is -2.34. The van der Waals surface area contributed by atoms with Crippen LogP contribution in [0.25, 0.3) is 11.1 Å². The lowest BCUT2D eigenvalue weighted by molar-refractivity contribution is 0.622. The molecule has 0 atom stereocenters. The fraction of sp³-hybridized carbons (Fsp3) is 0.0400. The molecule has 4 heteroatoms. The maximum Gasteiger partial charge on any atom is 0.123 e. The molecule has 5 rings (SSSR count). The number of benzene rings is 4. The average Bonchev–Trinajstić information content (AvgIpc) is 2.99. The van der Waals surface area contributed by atoms with Crippen LogP contribution in [0.1, 0.15) is 22.3 Å². The Kier molecular flexibility index (Phi) is 4.45. The van der Waals surface area contributed by atoms with E-state index in [-0.39, 0.29) is 11.6 Å². The van der Waals surface area contributed by atoms with Crippen LogP contribution in [0.2, 0.25) is 0 Å². The van der Waals surface area contributed by atoms with E-state index in [1.54, 1.807) is 0 Å². The van der Waals surface area contributed by atoms with Crippen molar-refractivity contribution in [2.75, 3.05) is 0 Å². The van der Waals surface area contributed by atoms with Gasteiger partial charge in [0.1, 0.15) is 11.6 Å². The van der Waals surface area contributed by atoms with E-state index >= 15 is 0 Å². The van der Waals surface area contributed by atoms with Gasteiger partial charge in [0, 0.05) is 8.95 Å².